The zero-order chi connectivity index (χ0) is 16.9. The molecule has 0 spiro atoms. The zero-order valence-electron chi connectivity index (χ0n) is 14.0. The zero-order valence-corrected chi connectivity index (χ0v) is 14.0. The molecule has 0 saturated heterocycles. The topological polar surface area (TPSA) is 38.1 Å². The van der Waals surface area contributed by atoms with Gasteiger partial charge in [0.2, 0.25) is 5.78 Å². The number of imidazole rings is 1. The lowest BCUT2D eigenvalue weighted by Gasteiger charge is -2.29. The number of hydrogen-bond acceptors (Lipinski definition) is 3. The van der Waals surface area contributed by atoms with Crippen LogP contribution in [-0.4, -0.2) is 27.9 Å². The number of likely N-dealkylation sites (N-methyl/N-ethyl adjacent to an activating group) is 1. The first-order valence-corrected chi connectivity index (χ1v) is 8.17. The molecule has 0 N–H and O–H groups in total. The maximum atomic E-state index is 13.0. The Morgan fingerprint density at radius 1 is 1.08 bits per heavy atom. The minimum atomic E-state index is -0.290. The normalized spacial score (nSPS) is 11.9. The third-order valence-electron chi connectivity index (χ3n) is 4.17. The maximum absolute atomic E-state index is 13.0. The molecule has 0 bridgehead atoms. The summed E-state index contributed by atoms with van der Waals surface area (Å²) >= 11 is 0. The van der Waals surface area contributed by atoms with Crippen molar-refractivity contribution >= 4 is 11.5 Å². The van der Waals surface area contributed by atoms with Gasteiger partial charge in [0.05, 0.1) is 6.04 Å². The van der Waals surface area contributed by atoms with E-state index in [4.69, 9.17) is 0 Å². The average molecular weight is 319 g/mol. The molecule has 4 nitrogen and oxygen atoms in total. The number of carbonyl (C=O) groups excluding carboxylic acids is 1. The molecule has 4 heteroatoms. The molecule has 122 valence electrons. The van der Waals surface area contributed by atoms with Crippen LogP contribution in [0.4, 0.5) is 5.69 Å². The molecule has 3 aromatic rings. The number of nitrogens with zero attached hydrogens (tertiary/aromatic N) is 3. The molecule has 1 atom stereocenters. The fourth-order valence-corrected chi connectivity index (χ4v) is 2.91. The summed E-state index contributed by atoms with van der Waals surface area (Å²) in [5.74, 6) is 0.470. The Morgan fingerprint density at radius 2 is 1.71 bits per heavy atom. The monoisotopic (exact) mass is 319 g/mol. The highest BCUT2D eigenvalue weighted by Crippen LogP contribution is 2.19. The van der Waals surface area contributed by atoms with Gasteiger partial charge >= 0.3 is 0 Å². The van der Waals surface area contributed by atoms with E-state index in [9.17, 15) is 4.79 Å². The van der Waals surface area contributed by atoms with E-state index >= 15 is 0 Å². The SMILES string of the molecule is CCN(c1ccccc1)[C@@H](C)C(=O)c1nccn1-c1ccccc1. The van der Waals surface area contributed by atoms with Crippen molar-refractivity contribution in [2.75, 3.05) is 11.4 Å². The van der Waals surface area contributed by atoms with E-state index in [2.05, 4.69) is 16.8 Å². The van der Waals surface area contributed by atoms with Crippen molar-refractivity contribution in [1.29, 1.82) is 0 Å². The molecule has 24 heavy (non-hydrogen) atoms. The van der Waals surface area contributed by atoms with E-state index < -0.39 is 0 Å². The quantitative estimate of drug-likeness (QED) is 0.645. The van der Waals surface area contributed by atoms with Crippen LogP contribution in [0.2, 0.25) is 0 Å². The lowest BCUT2D eigenvalue weighted by Crippen LogP contribution is -2.40. The predicted molar refractivity (Wildman–Crippen MR) is 96.8 cm³/mol. The number of hydrogen-bond donors (Lipinski definition) is 0. The summed E-state index contributed by atoms with van der Waals surface area (Å²) in [4.78, 5) is 19.4. The Labute approximate surface area is 142 Å². The number of para-hydroxylation sites is 2. The van der Waals surface area contributed by atoms with Crippen molar-refractivity contribution in [3.8, 4) is 5.69 Å². The summed E-state index contributed by atoms with van der Waals surface area (Å²) in [6.07, 6.45) is 3.50. The highest BCUT2D eigenvalue weighted by Gasteiger charge is 2.25. The van der Waals surface area contributed by atoms with Gasteiger partial charge in [0, 0.05) is 30.3 Å². The average Bonchev–Trinajstić information content (AvgIpc) is 3.13. The molecule has 0 aliphatic heterocycles. The van der Waals surface area contributed by atoms with E-state index in [0.29, 0.717) is 5.82 Å². The van der Waals surface area contributed by atoms with Gasteiger partial charge in [-0.3, -0.25) is 9.36 Å². The van der Waals surface area contributed by atoms with Crippen LogP contribution in [0.3, 0.4) is 0 Å². The Morgan fingerprint density at radius 3 is 2.33 bits per heavy atom. The molecule has 0 amide bonds. The summed E-state index contributed by atoms with van der Waals surface area (Å²) in [7, 11) is 0. The Balaban J connectivity index is 1.91. The highest BCUT2D eigenvalue weighted by molar-refractivity contribution is 5.99. The highest BCUT2D eigenvalue weighted by atomic mass is 16.1. The molecule has 1 heterocycles. The van der Waals surface area contributed by atoms with Crippen molar-refractivity contribution in [3.63, 3.8) is 0 Å². The van der Waals surface area contributed by atoms with Gasteiger partial charge in [0.25, 0.3) is 0 Å². The van der Waals surface area contributed by atoms with Gasteiger partial charge in [-0.25, -0.2) is 4.98 Å². The molecule has 0 aliphatic rings. The molecule has 1 aromatic heterocycles. The van der Waals surface area contributed by atoms with Crippen LogP contribution in [0.5, 0.6) is 0 Å². The van der Waals surface area contributed by atoms with E-state index in [1.807, 2.05) is 78.4 Å². The summed E-state index contributed by atoms with van der Waals surface area (Å²) in [5.41, 5.74) is 1.98. The number of ketones is 1. The molecule has 3 rings (SSSR count). The second-order valence-corrected chi connectivity index (χ2v) is 5.62. The number of Topliss-reactive ketones (excluding diaryl/α,β-unsaturated/α-hetero) is 1. The summed E-state index contributed by atoms with van der Waals surface area (Å²) in [5, 5.41) is 0. The molecular formula is C20H21N3O. The number of benzene rings is 2. The smallest absolute Gasteiger partial charge is 0.220 e. The van der Waals surface area contributed by atoms with Crippen LogP contribution in [0.15, 0.2) is 73.1 Å². The number of anilines is 1. The minimum absolute atomic E-state index is 0.00885. The van der Waals surface area contributed by atoms with E-state index in [-0.39, 0.29) is 11.8 Å². The lowest BCUT2D eigenvalue weighted by molar-refractivity contribution is 0.0952. The number of carbonyl (C=O) groups is 1. The van der Waals surface area contributed by atoms with Crippen molar-refractivity contribution in [1.82, 2.24) is 9.55 Å². The maximum Gasteiger partial charge on any atom is 0.220 e. The number of rotatable bonds is 6. The summed E-state index contributed by atoms with van der Waals surface area (Å²) < 4.78 is 1.84. The lowest BCUT2D eigenvalue weighted by atomic mass is 10.1. The summed E-state index contributed by atoms with van der Waals surface area (Å²) in [6.45, 7) is 4.74. The Hall–Kier alpha value is -2.88. The molecule has 0 radical (unpaired) electrons. The second-order valence-electron chi connectivity index (χ2n) is 5.62. The van der Waals surface area contributed by atoms with Gasteiger partial charge in [-0.1, -0.05) is 36.4 Å². The van der Waals surface area contributed by atoms with Crippen molar-refractivity contribution < 1.29 is 4.79 Å². The molecular weight excluding hydrogens is 298 g/mol. The Bertz CT molecular complexity index is 796. The van der Waals surface area contributed by atoms with Gasteiger partial charge in [0.15, 0.2) is 5.82 Å². The third-order valence-corrected chi connectivity index (χ3v) is 4.17. The third kappa shape index (κ3) is 3.08. The van der Waals surface area contributed by atoms with E-state index in [1.54, 1.807) is 6.20 Å². The summed E-state index contributed by atoms with van der Waals surface area (Å²) in [6, 6.07) is 19.5. The first-order valence-electron chi connectivity index (χ1n) is 8.17. The minimum Gasteiger partial charge on any atom is -0.362 e. The van der Waals surface area contributed by atoms with Crippen molar-refractivity contribution in [2.24, 2.45) is 0 Å². The first-order chi connectivity index (χ1) is 11.7. The van der Waals surface area contributed by atoms with Gasteiger partial charge < -0.3 is 4.90 Å². The van der Waals surface area contributed by atoms with Crippen LogP contribution in [0.1, 0.15) is 24.5 Å². The fraction of sp³-hybridized carbons (Fsp3) is 0.200. The van der Waals surface area contributed by atoms with Crippen molar-refractivity contribution in [2.45, 2.75) is 19.9 Å². The molecule has 0 saturated carbocycles. The number of aromatic nitrogens is 2. The second kappa shape index (κ2) is 7.13. The molecule has 0 unspecified atom stereocenters. The van der Waals surface area contributed by atoms with E-state index in [1.165, 1.54) is 0 Å². The molecule has 2 aromatic carbocycles. The largest absolute Gasteiger partial charge is 0.362 e. The van der Waals surface area contributed by atoms with Crippen LogP contribution in [0, 0.1) is 0 Å². The fourth-order valence-electron chi connectivity index (χ4n) is 2.91. The standard InChI is InChI=1S/C20H21N3O/c1-3-22(17-10-6-4-7-11-17)16(2)19(24)20-21-14-15-23(20)18-12-8-5-9-13-18/h4-16H,3H2,1-2H3/t16-/m0/s1. The first kappa shape index (κ1) is 16.0. The van der Waals surface area contributed by atoms with Gasteiger partial charge in [-0.2, -0.15) is 0 Å². The van der Waals surface area contributed by atoms with Crippen molar-refractivity contribution in [3.05, 3.63) is 78.9 Å². The van der Waals surface area contributed by atoms with E-state index in [0.717, 1.165) is 17.9 Å². The molecule has 0 aliphatic carbocycles. The van der Waals surface area contributed by atoms with Gasteiger partial charge in [0.1, 0.15) is 0 Å². The Kier molecular flexibility index (Phi) is 4.75. The predicted octanol–water partition coefficient (Wildman–Crippen LogP) is 3.97. The van der Waals surface area contributed by atoms with Gasteiger partial charge in [-0.15, -0.1) is 0 Å². The molecule has 0 fully saturated rings. The van der Waals surface area contributed by atoms with Crippen LogP contribution < -0.4 is 4.90 Å². The van der Waals surface area contributed by atoms with Crippen LogP contribution in [0.25, 0.3) is 5.69 Å². The van der Waals surface area contributed by atoms with Crippen LogP contribution in [-0.2, 0) is 0 Å². The van der Waals surface area contributed by atoms with Crippen LogP contribution >= 0.6 is 0 Å². The van der Waals surface area contributed by atoms with Gasteiger partial charge in [-0.05, 0) is 38.1 Å².